The lowest BCUT2D eigenvalue weighted by atomic mass is 10.0. The molecule has 1 rings (SSSR count). The summed E-state index contributed by atoms with van der Waals surface area (Å²) in [4.78, 5) is -0.162. The zero-order valence-electron chi connectivity index (χ0n) is 9.77. The minimum absolute atomic E-state index is 0.162. The first-order chi connectivity index (χ1) is 7.93. The van der Waals surface area contributed by atoms with Crippen molar-refractivity contribution in [3.63, 3.8) is 0 Å². The molecule has 1 unspecified atom stereocenters. The van der Waals surface area contributed by atoms with Crippen LogP contribution in [0, 0.1) is 0 Å². The van der Waals surface area contributed by atoms with Gasteiger partial charge in [-0.05, 0) is 24.1 Å². The highest BCUT2D eigenvalue weighted by molar-refractivity contribution is 7.85. The Kier molecular flexibility index (Phi) is 5.08. The van der Waals surface area contributed by atoms with Crippen LogP contribution in [-0.2, 0) is 16.5 Å². The molecule has 0 spiro atoms. The van der Waals surface area contributed by atoms with Gasteiger partial charge in [0.05, 0.1) is 4.90 Å². The van der Waals surface area contributed by atoms with E-state index in [0.29, 0.717) is 6.42 Å². The smallest absolute Gasteiger partial charge is 0.282 e. The highest BCUT2D eigenvalue weighted by Crippen LogP contribution is 2.15. The van der Waals surface area contributed by atoms with E-state index in [1.54, 1.807) is 0 Å². The van der Waals surface area contributed by atoms with Crippen LogP contribution in [0.4, 0.5) is 4.39 Å². The molecule has 5 heteroatoms. The van der Waals surface area contributed by atoms with E-state index >= 15 is 0 Å². The van der Waals surface area contributed by atoms with Crippen LogP contribution >= 0.6 is 0 Å². The van der Waals surface area contributed by atoms with Gasteiger partial charge in [0.1, 0.15) is 6.17 Å². The van der Waals surface area contributed by atoms with E-state index in [1.165, 1.54) is 24.3 Å². The number of halogens is 1. The maximum absolute atomic E-state index is 13.4. The second kappa shape index (κ2) is 6.12. The Balaban J connectivity index is 2.63. The molecule has 0 amide bonds. The molecule has 3 nitrogen and oxygen atoms in total. The van der Waals surface area contributed by atoms with E-state index in [2.05, 4.69) is 0 Å². The molecule has 96 valence electrons. The van der Waals surface area contributed by atoms with Gasteiger partial charge in [-0.25, -0.2) is 4.39 Å². The zero-order valence-corrected chi connectivity index (χ0v) is 10.6. The summed E-state index contributed by atoms with van der Waals surface area (Å²) in [6.07, 6.45) is 1.72. The van der Waals surface area contributed by atoms with Gasteiger partial charge in [-0.2, -0.15) is 8.42 Å². The summed E-state index contributed by atoms with van der Waals surface area (Å²) in [5.41, 5.74) is 0.737. The van der Waals surface area contributed by atoms with Gasteiger partial charge in [0.15, 0.2) is 0 Å². The molecule has 0 heterocycles. The predicted molar refractivity (Wildman–Crippen MR) is 64.4 cm³/mol. The summed E-state index contributed by atoms with van der Waals surface area (Å²) in [6.45, 7) is 2.01. The fourth-order valence-electron chi connectivity index (χ4n) is 1.58. The van der Waals surface area contributed by atoms with Crippen molar-refractivity contribution in [1.82, 2.24) is 0 Å². The summed E-state index contributed by atoms with van der Waals surface area (Å²) >= 11 is 0. The summed E-state index contributed by atoms with van der Waals surface area (Å²) in [7, 11) is -4.16. The van der Waals surface area contributed by atoms with Gasteiger partial charge in [-0.1, -0.05) is 31.9 Å². The van der Waals surface area contributed by atoms with Crippen LogP contribution in [0.15, 0.2) is 29.2 Å². The van der Waals surface area contributed by atoms with Crippen molar-refractivity contribution in [2.24, 2.45) is 0 Å². The first kappa shape index (κ1) is 14.1. The minimum atomic E-state index is -4.16. The zero-order chi connectivity index (χ0) is 12.9. The summed E-state index contributed by atoms with van der Waals surface area (Å²) in [5, 5.41) is 0. The summed E-state index contributed by atoms with van der Waals surface area (Å²) < 4.78 is 43.8. The van der Waals surface area contributed by atoms with E-state index in [1.807, 2.05) is 6.92 Å². The van der Waals surface area contributed by atoms with E-state index in [-0.39, 0.29) is 11.3 Å². The third kappa shape index (κ3) is 4.83. The molecule has 0 aliphatic carbocycles. The number of unbranched alkanes of at least 4 members (excludes halogenated alkanes) is 1. The maximum atomic E-state index is 13.4. The molecular weight excluding hydrogens is 243 g/mol. The molecule has 0 saturated carbocycles. The lowest BCUT2D eigenvalue weighted by Gasteiger charge is -2.07. The molecule has 0 radical (unpaired) electrons. The van der Waals surface area contributed by atoms with Crippen LogP contribution in [0.25, 0.3) is 0 Å². The number of hydrogen-bond donors (Lipinski definition) is 1. The Labute approximate surface area is 101 Å². The quantitative estimate of drug-likeness (QED) is 0.800. The summed E-state index contributed by atoms with van der Waals surface area (Å²) in [5.74, 6) is 0. The molecule has 0 aromatic heterocycles. The van der Waals surface area contributed by atoms with Gasteiger partial charge in [-0.3, -0.25) is 4.55 Å². The largest absolute Gasteiger partial charge is 0.294 e. The van der Waals surface area contributed by atoms with Crippen molar-refractivity contribution in [2.45, 2.75) is 43.7 Å². The highest BCUT2D eigenvalue weighted by Gasteiger charge is 2.10. The maximum Gasteiger partial charge on any atom is 0.294 e. The lowest BCUT2D eigenvalue weighted by molar-refractivity contribution is 0.305. The van der Waals surface area contributed by atoms with Gasteiger partial charge in [0.2, 0.25) is 0 Å². The van der Waals surface area contributed by atoms with E-state index < -0.39 is 16.3 Å². The second-order valence-electron chi connectivity index (χ2n) is 4.06. The molecule has 0 saturated heterocycles. The molecule has 1 atom stereocenters. The molecule has 1 aromatic rings. The minimum Gasteiger partial charge on any atom is -0.282 e. The summed E-state index contributed by atoms with van der Waals surface area (Å²) in [6, 6.07) is 5.64. The molecular formula is C12H17FO3S. The lowest BCUT2D eigenvalue weighted by Crippen LogP contribution is -2.05. The number of rotatable bonds is 6. The van der Waals surface area contributed by atoms with Gasteiger partial charge in [-0.15, -0.1) is 0 Å². The van der Waals surface area contributed by atoms with Crippen LogP contribution in [0.5, 0.6) is 0 Å². The molecule has 0 aliphatic rings. The van der Waals surface area contributed by atoms with Crippen LogP contribution in [0.3, 0.4) is 0 Å². The molecule has 17 heavy (non-hydrogen) atoms. The normalized spacial score (nSPS) is 13.6. The van der Waals surface area contributed by atoms with Crippen molar-refractivity contribution >= 4 is 10.1 Å². The van der Waals surface area contributed by atoms with Gasteiger partial charge >= 0.3 is 0 Å². The van der Waals surface area contributed by atoms with Crippen molar-refractivity contribution in [3.8, 4) is 0 Å². The molecule has 0 aliphatic heterocycles. The van der Waals surface area contributed by atoms with Crippen LogP contribution in [0.2, 0.25) is 0 Å². The standard InChI is InChI=1S/C12H17FO3S/c1-2-3-4-11(13)9-10-5-7-12(8-6-10)17(14,15)16/h5-8,11H,2-4,9H2,1H3,(H,14,15,16). The van der Waals surface area contributed by atoms with E-state index in [0.717, 1.165) is 18.4 Å². The molecule has 0 bridgehead atoms. The average molecular weight is 260 g/mol. The van der Waals surface area contributed by atoms with Crippen molar-refractivity contribution in [2.75, 3.05) is 0 Å². The van der Waals surface area contributed by atoms with Crippen LogP contribution in [0.1, 0.15) is 31.7 Å². The van der Waals surface area contributed by atoms with Crippen LogP contribution < -0.4 is 0 Å². The first-order valence-corrected chi connectivity index (χ1v) is 7.08. The molecule has 1 N–H and O–H groups in total. The monoisotopic (exact) mass is 260 g/mol. The van der Waals surface area contributed by atoms with Crippen molar-refractivity contribution in [1.29, 1.82) is 0 Å². The van der Waals surface area contributed by atoms with E-state index in [4.69, 9.17) is 4.55 Å². The van der Waals surface area contributed by atoms with Gasteiger partial charge in [0, 0.05) is 6.42 Å². The predicted octanol–water partition coefficient (Wildman–Crippen LogP) is 3.00. The van der Waals surface area contributed by atoms with Gasteiger partial charge < -0.3 is 0 Å². The Morgan fingerprint density at radius 3 is 2.35 bits per heavy atom. The SMILES string of the molecule is CCCCC(F)Cc1ccc(S(=O)(=O)O)cc1. The van der Waals surface area contributed by atoms with Crippen molar-refractivity contribution in [3.05, 3.63) is 29.8 Å². The Morgan fingerprint density at radius 2 is 1.88 bits per heavy atom. The highest BCUT2D eigenvalue weighted by atomic mass is 32.2. The molecule has 1 aromatic carbocycles. The number of benzene rings is 1. The Hall–Kier alpha value is -0.940. The third-order valence-corrected chi connectivity index (χ3v) is 3.42. The fourth-order valence-corrected chi connectivity index (χ4v) is 2.06. The first-order valence-electron chi connectivity index (χ1n) is 5.64. The van der Waals surface area contributed by atoms with Gasteiger partial charge in [0.25, 0.3) is 10.1 Å². The fraction of sp³-hybridized carbons (Fsp3) is 0.500. The third-order valence-electron chi connectivity index (χ3n) is 2.55. The topological polar surface area (TPSA) is 54.4 Å². The number of alkyl halides is 1. The molecule has 0 fully saturated rings. The second-order valence-corrected chi connectivity index (χ2v) is 5.48. The van der Waals surface area contributed by atoms with Crippen LogP contribution in [-0.4, -0.2) is 19.1 Å². The van der Waals surface area contributed by atoms with Crippen molar-refractivity contribution < 1.29 is 17.4 Å². The Bertz CT molecular complexity index is 439. The van der Waals surface area contributed by atoms with E-state index in [9.17, 15) is 12.8 Å². The number of hydrogen-bond acceptors (Lipinski definition) is 2. The average Bonchev–Trinajstić information content (AvgIpc) is 2.26. The Morgan fingerprint density at radius 1 is 1.29 bits per heavy atom.